The number of unbranched alkanes of at least 4 members (excludes halogenated alkanes) is 16. The van der Waals surface area contributed by atoms with Gasteiger partial charge < -0.3 is 39.9 Å². The van der Waals surface area contributed by atoms with Crippen LogP contribution in [0.5, 0.6) is 0 Å². The SMILES string of the molecule is CCCCC[C@@H](O)/C=C/[C@@H]1[C@H](C/C=C\CC(=O)OC[C@H](COP(=O)(O)OC[C@@H](O)CO)OC(=O)CCCCCCCCCCCCCCCCCC(C)C)[C@@H](O)C[C@H]1O. The minimum atomic E-state index is -4.70. The fourth-order valence-corrected chi connectivity index (χ4v) is 8.06. The maximum atomic E-state index is 12.7. The van der Waals surface area contributed by atoms with Gasteiger partial charge in [0.1, 0.15) is 12.7 Å². The summed E-state index contributed by atoms with van der Waals surface area (Å²) in [6, 6.07) is 0. The number of hydrogen-bond acceptors (Lipinski definition) is 12. The molecule has 1 aliphatic carbocycles. The van der Waals surface area contributed by atoms with Crippen LogP contribution in [0.2, 0.25) is 0 Å². The molecular weight excluding hydrogens is 779 g/mol. The van der Waals surface area contributed by atoms with Crippen LogP contribution in [-0.4, -0.2) is 99.3 Å². The second kappa shape index (κ2) is 34.9. The lowest BCUT2D eigenvalue weighted by atomic mass is 9.89. The minimum Gasteiger partial charge on any atom is -0.461 e. The third-order valence-electron chi connectivity index (χ3n) is 10.9. The Hall–Kier alpha value is -1.67. The molecule has 0 aromatic carbocycles. The van der Waals surface area contributed by atoms with E-state index >= 15 is 0 Å². The van der Waals surface area contributed by atoms with Crippen molar-refractivity contribution in [3.63, 3.8) is 0 Å². The van der Waals surface area contributed by atoms with Crippen LogP contribution in [0.3, 0.4) is 0 Å². The van der Waals surface area contributed by atoms with E-state index in [1.165, 1.54) is 77.0 Å². The van der Waals surface area contributed by atoms with Gasteiger partial charge in [0, 0.05) is 18.8 Å². The predicted octanol–water partition coefficient (Wildman–Crippen LogP) is 8.41. The normalized spacial score (nSPS) is 21.0. The molecule has 6 N–H and O–H groups in total. The van der Waals surface area contributed by atoms with Crippen LogP contribution in [0.4, 0.5) is 0 Å². The molecule has 1 saturated carbocycles. The summed E-state index contributed by atoms with van der Waals surface area (Å²) in [5.74, 6) is -1.05. The van der Waals surface area contributed by atoms with E-state index in [2.05, 4.69) is 25.3 Å². The Morgan fingerprint density at radius 2 is 1.29 bits per heavy atom. The zero-order chi connectivity index (χ0) is 43.7. The standard InChI is InChI=1S/C45H83O13P/c1-4-5-19-25-37(47)29-30-41-40(42(49)31-43(41)50)26-22-23-27-44(51)55-34-39(35-57-59(53,54)56-33-38(48)32-46)58-45(52)28-21-18-16-14-12-10-8-6-7-9-11-13-15-17-20-24-36(2)3/h22-23,29-30,36-43,46-50H,4-21,24-28,31-35H2,1-3H3,(H,53,54)/b23-22-,30-29+/t37-,38+,39-,40+,41-,42+,43-/m1/s1. The van der Waals surface area contributed by atoms with Crippen molar-refractivity contribution in [1.82, 2.24) is 0 Å². The Bertz CT molecular complexity index is 1160. The average Bonchev–Trinajstić information content (AvgIpc) is 3.47. The summed E-state index contributed by atoms with van der Waals surface area (Å²) in [5.41, 5.74) is 0. The zero-order valence-electron chi connectivity index (χ0n) is 36.7. The molecule has 1 rings (SSSR count). The maximum Gasteiger partial charge on any atom is 0.472 e. The lowest BCUT2D eigenvalue weighted by molar-refractivity contribution is -0.160. The molecule has 0 saturated heterocycles. The molecule has 1 unspecified atom stereocenters. The first-order chi connectivity index (χ1) is 28.3. The van der Waals surface area contributed by atoms with Crippen molar-refractivity contribution in [2.45, 2.75) is 205 Å². The molecule has 14 heteroatoms. The molecule has 0 aromatic rings. The molecule has 0 aromatic heterocycles. The predicted molar refractivity (Wildman–Crippen MR) is 230 cm³/mol. The Morgan fingerprint density at radius 1 is 0.729 bits per heavy atom. The number of phosphoric ester groups is 1. The summed E-state index contributed by atoms with van der Waals surface area (Å²) >= 11 is 0. The summed E-state index contributed by atoms with van der Waals surface area (Å²) < 4.78 is 32.7. The molecule has 8 atom stereocenters. The topological polar surface area (TPSA) is 210 Å². The fourth-order valence-electron chi connectivity index (χ4n) is 7.27. The number of aliphatic hydroxyl groups is 5. The number of aliphatic hydroxyl groups excluding tert-OH is 5. The van der Waals surface area contributed by atoms with E-state index in [-0.39, 0.29) is 31.1 Å². The Labute approximate surface area is 356 Å². The molecule has 0 spiro atoms. The Balaban J connectivity index is 2.46. The van der Waals surface area contributed by atoms with Crippen molar-refractivity contribution in [2.24, 2.45) is 17.8 Å². The van der Waals surface area contributed by atoms with Crippen LogP contribution in [0, 0.1) is 17.8 Å². The number of rotatable bonds is 38. The minimum absolute atomic E-state index is 0.122. The van der Waals surface area contributed by atoms with Gasteiger partial charge in [0.15, 0.2) is 6.10 Å². The van der Waals surface area contributed by atoms with Gasteiger partial charge in [-0.1, -0.05) is 161 Å². The van der Waals surface area contributed by atoms with E-state index in [9.17, 15) is 39.5 Å². The molecule has 346 valence electrons. The molecule has 0 radical (unpaired) electrons. The highest BCUT2D eigenvalue weighted by molar-refractivity contribution is 7.47. The number of carbonyl (C=O) groups excluding carboxylic acids is 2. The molecule has 0 heterocycles. The van der Waals surface area contributed by atoms with Gasteiger partial charge in [-0.3, -0.25) is 18.6 Å². The zero-order valence-corrected chi connectivity index (χ0v) is 37.6. The number of carbonyl (C=O) groups is 2. The van der Waals surface area contributed by atoms with Gasteiger partial charge in [-0.25, -0.2) is 4.57 Å². The van der Waals surface area contributed by atoms with Crippen molar-refractivity contribution < 1.29 is 63.1 Å². The molecule has 1 fully saturated rings. The maximum absolute atomic E-state index is 12.7. The van der Waals surface area contributed by atoms with Crippen molar-refractivity contribution in [3.05, 3.63) is 24.3 Å². The second-order valence-corrected chi connectivity index (χ2v) is 18.4. The van der Waals surface area contributed by atoms with Crippen LogP contribution >= 0.6 is 7.82 Å². The highest BCUT2D eigenvalue weighted by atomic mass is 31.2. The van der Waals surface area contributed by atoms with E-state index in [0.29, 0.717) is 19.3 Å². The first-order valence-electron chi connectivity index (χ1n) is 22.9. The van der Waals surface area contributed by atoms with Crippen LogP contribution < -0.4 is 0 Å². The second-order valence-electron chi connectivity index (χ2n) is 16.9. The number of ether oxygens (including phenoxy) is 2. The van der Waals surface area contributed by atoms with Gasteiger partial charge in [0.05, 0.1) is 44.6 Å². The van der Waals surface area contributed by atoms with Crippen LogP contribution in [-0.2, 0) is 32.7 Å². The van der Waals surface area contributed by atoms with E-state index in [1.807, 2.05) is 0 Å². The highest BCUT2D eigenvalue weighted by Gasteiger charge is 2.39. The van der Waals surface area contributed by atoms with E-state index in [1.54, 1.807) is 24.3 Å². The largest absolute Gasteiger partial charge is 0.472 e. The smallest absolute Gasteiger partial charge is 0.461 e. The first-order valence-corrected chi connectivity index (χ1v) is 24.4. The third-order valence-corrected chi connectivity index (χ3v) is 11.8. The first kappa shape index (κ1) is 55.3. The monoisotopic (exact) mass is 863 g/mol. The van der Waals surface area contributed by atoms with E-state index in [0.717, 1.165) is 44.4 Å². The summed E-state index contributed by atoms with van der Waals surface area (Å²) in [6.07, 6.45) is 25.6. The van der Waals surface area contributed by atoms with Crippen LogP contribution in [0.15, 0.2) is 24.3 Å². The van der Waals surface area contributed by atoms with Crippen LogP contribution in [0.25, 0.3) is 0 Å². The summed E-state index contributed by atoms with van der Waals surface area (Å²) in [4.78, 5) is 35.3. The highest BCUT2D eigenvalue weighted by Crippen LogP contribution is 2.43. The summed E-state index contributed by atoms with van der Waals surface area (Å²) in [7, 11) is -4.70. The summed E-state index contributed by atoms with van der Waals surface area (Å²) in [5, 5.41) is 49.7. The van der Waals surface area contributed by atoms with Gasteiger partial charge in [0.2, 0.25) is 0 Å². The number of esters is 2. The van der Waals surface area contributed by atoms with E-state index < -0.39 is 76.7 Å². The molecule has 0 amide bonds. The number of allylic oxidation sites excluding steroid dienone is 1. The average molecular weight is 863 g/mol. The van der Waals surface area contributed by atoms with Gasteiger partial charge >= 0.3 is 19.8 Å². The Kier molecular flexibility index (Phi) is 32.7. The molecule has 59 heavy (non-hydrogen) atoms. The van der Waals surface area contributed by atoms with Gasteiger partial charge in [-0.15, -0.1) is 0 Å². The van der Waals surface area contributed by atoms with Gasteiger partial charge in [-0.2, -0.15) is 0 Å². The lowest BCUT2D eigenvalue weighted by Gasteiger charge is -2.20. The van der Waals surface area contributed by atoms with E-state index in [4.69, 9.17) is 19.1 Å². The molecule has 0 bridgehead atoms. The third kappa shape index (κ3) is 30.1. The van der Waals surface area contributed by atoms with Crippen molar-refractivity contribution in [3.8, 4) is 0 Å². The summed E-state index contributed by atoms with van der Waals surface area (Å²) in [6.45, 7) is 4.25. The molecule has 1 aliphatic rings. The molecular formula is C45H83O13P. The van der Waals surface area contributed by atoms with Gasteiger partial charge in [0.25, 0.3) is 0 Å². The quantitative estimate of drug-likeness (QED) is 0.0149. The molecule has 13 nitrogen and oxygen atoms in total. The van der Waals surface area contributed by atoms with Crippen LogP contribution in [0.1, 0.15) is 175 Å². The van der Waals surface area contributed by atoms with Crippen molar-refractivity contribution in [2.75, 3.05) is 26.4 Å². The van der Waals surface area contributed by atoms with Crippen molar-refractivity contribution in [1.29, 1.82) is 0 Å². The fraction of sp³-hybridized carbons (Fsp3) is 0.867. The Morgan fingerprint density at radius 3 is 1.86 bits per heavy atom. The van der Waals surface area contributed by atoms with Gasteiger partial charge in [-0.05, 0) is 31.1 Å². The lowest BCUT2D eigenvalue weighted by Crippen LogP contribution is -2.29. The van der Waals surface area contributed by atoms with Crippen molar-refractivity contribution >= 4 is 19.8 Å². The molecule has 0 aliphatic heterocycles. The number of phosphoric acid groups is 1. The number of hydrogen-bond donors (Lipinski definition) is 6.